The highest BCUT2D eigenvalue weighted by molar-refractivity contribution is 5.81. The van der Waals surface area contributed by atoms with Crippen LogP contribution in [0.2, 0.25) is 0 Å². The van der Waals surface area contributed by atoms with Crippen molar-refractivity contribution in [3.05, 3.63) is 35.4 Å². The SMILES string of the molecule is COCC1(C(=O)O)CCN(C(=O)CC(C)c2ccc(F)cc2F)C1. The second-order valence-electron chi connectivity index (χ2n) is 6.35. The van der Waals surface area contributed by atoms with E-state index >= 15 is 0 Å². The average Bonchev–Trinajstić information content (AvgIpc) is 2.93. The first-order valence-corrected chi connectivity index (χ1v) is 7.74. The fourth-order valence-electron chi connectivity index (χ4n) is 3.12. The maximum atomic E-state index is 13.8. The minimum absolute atomic E-state index is 0.0330. The molecule has 1 fully saturated rings. The quantitative estimate of drug-likeness (QED) is 0.863. The normalized spacial score (nSPS) is 21.8. The molecule has 0 aliphatic carbocycles. The molecule has 2 unspecified atom stereocenters. The second-order valence-corrected chi connectivity index (χ2v) is 6.35. The molecule has 0 radical (unpaired) electrons. The topological polar surface area (TPSA) is 66.8 Å². The number of benzene rings is 1. The van der Waals surface area contributed by atoms with E-state index in [4.69, 9.17) is 4.74 Å². The van der Waals surface area contributed by atoms with Gasteiger partial charge in [-0.2, -0.15) is 0 Å². The van der Waals surface area contributed by atoms with Gasteiger partial charge in [0.05, 0.1) is 6.61 Å². The number of carboxylic acid groups (broad SMARTS) is 1. The molecule has 1 aromatic rings. The second kappa shape index (κ2) is 7.25. The number of aliphatic carboxylic acids is 1. The average molecular weight is 341 g/mol. The van der Waals surface area contributed by atoms with Crippen molar-refractivity contribution >= 4 is 11.9 Å². The number of amides is 1. The Hall–Kier alpha value is -2.02. The molecule has 0 bridgehead atoms. The summed E-state index contributed by atoms with van der Waals surface area (Å²) in [6.07, 6.45) is 0.354. The number of carboxylic acids is 1. The van der Waals surface area contributed by atoms with Gasteiger partial charge in [0.2, 0.25) is 5.91 Å². The lowest BCUT2D eigenvalue weighted by Crippen LogP contribution is -2.40. The van der Waals surface area contributed by atoms with Gasteiger partial charge in [0.1, 0.15) is 17.0 Å². The van der Waals surface area contributed by atoms with Gasteiger partial charge in [0.25, 0.3) is 0 Å². The van der Waals surface area contributed by atoms with Gasteiger partial charge in [0.15, 0.2) is 0 Å². The van der Waals surface area contributed by atoms with E-state index in [-0.39, 0.29) is 31.0 Å². The van der Waals surface area contributed by atoms with Gasteiger partial charge in [-0.1, -0.05) is 13.0 Å². The zero-order valence-electron chi connectivity index (χ0n) is 13.7. The van der Waals surface area contributed by atoms with E-state index in [0.717, 1.165) is 12.1 Å². The number of ether oxygens (including phenoxy) is 1. The molecule has 1 aromatic carbocycles. The predicted octanol–water partition coefficient (Wildman–Crippen LogP) is 2.41. The van der Waals surface area contributed by atoms with Crippen LogP contribution < -0.4 is 0 Å². The Balaban J connectivity index is 2.04. The third kappa shape index (κ3) is 3.72. The molecule has 5 nitrogen and oxygen atoms in total. The fraction of sp³-hybridized carbons (Fsp3) is 0.529. The highest BCUT2D eigenvalue weighted by atomic mass is 19.1. The standard InChI is InChI=1S/C17H21F2NO4/c1-11(13-4-3-12(18)8-14(13)19)7-15(21)20-6-5-17(9-20,10-24-2)16(22)23/h3-4,8,11H,5-7,9-10H2,1-2H3,(H,22,23). The van der Waals surface area contributed by atoms with Crippen LogP contribution in [0.25, 0.3) is 0 Å². The number of halogens is 2. The number of rotatable bonds is 6. The van der Waals surface area contributed by atoms with E-state index in [1.165, 1.54) is 18.1 Å². The first-order valence-electron chi connectivity index (χ1n) is 7.74. The molecular weight excluding hydrogens is 320 g/mol. The van der Waals surface area contributed by atoms with Crippen molar-refractivity contribution in [1.29, 1.82) is 0 Å². The third-order valence-corrected chi connectivity index (χ3v) is 4.56. The molecule has 1 amide bonds. The van der Waals surface area contributed by atoms with Gasteiger partial charge < -0.3 is 14.7 Å². The number of methoxy groups -OCH3 is 1. The van der Waals surface area contributed by atoms with Crippen LogP contribution in [-0.2, 0) is 14.3 Å². The number of likely N-dealkylation sites (tertiary alicyclic amines) is 1. The number of hydrogen-bond acceptors (Lipinski definition) is 3. The summed E-state index contributed by atoms with van der Waals surface area (Å²) in [7, 11) is 1.43. The molecule has 1 N–H and O–H groups in total. The van der Waals surface area contributed by atoms with Crippen LogP contribution in [0.5, 0.6) is 0 Å². The number of carbonyl (C=O) groups is 2. The molecule has 132 valence electrons. The summed E-state index contributed by atoms with van der Waals surface area (Å²) < 4.78 is 31.8. The molecule has 1 aliphatic rings. The van der Waals surface area contributed by atoms with Crippen molar-refractivity contribution in [2.75, 3.05) is 26.8 Å². The van der Waals surface area contributed by atoms with Gasteiger partial charge in [-0.05, 0) is 24.0 Å². The third-order valence-electron chi connectivity index (χ3n) is 4.56. The summed E-state index contributed by atoms with van der Waals surface area (Å²) in [5.74, 6) is -3.01. The van der Waals surface area contributed by atoms with Gasteiger partial charge in [-0.15, -0.1) is 0 Å². The van der Waals surface area contributed by atoms with Crippen molar-refractivity contribution in [2.45, 2.75) is 25.7 Å². The van der Waals surface area contributed by atoms with Crippen LogP contribution in [0.4, 0.5) is 8.78 Å². The largest absolute Gasteiger partial charge is 0.481 e. The van der Waals surface area contributed by atoms with Gasteiger partial charge in [-0.3, -0.25) is 9.59 Å². The van der Waals surface area contributed by atoms with Crippen LogP contribution in [0.3, 0.4) is 0 Å². The summed E-state index contributed by atoms with van der Waals surface area (Å²) in [6, 6.07) is 3.28. The Morgan fingerprint density at radius 3 is 2.71 bits per heavy atom. The Labute approximate surface area is 139 Å². The van der Waals surface area contributed by atoms with Crippen molar-refractivity contribution in [3.8, 4) is 0 Å². The van der Waals surface area contributed by atoms with Crippen molar-refractivity contribution < 1.29 is 28.2 Å². The molecule has 1 saturated heterocycles. The van der Waals surface area contributed by atoms with Crippen LogP contribution in [0.15, 0.2) is 18.2 Å². The van der Waals surface area contributed by atoms with Crippen LogP contribution >= 0.6 is 0 Å². The van der Waals surface area contributed by atoms with E-state index in [2.05, 4.69) is 0 Å². The lowest BCUT2D eigenvalue weighted by atomic mass is 9.88. The van der Waals surface area contributed by atoms with E-state index in [1.54, 1.807) is 6.92 Å². The highest BCUT2D eigenvalue weighted by Crippen LogP contribution is 2.33. The molecule has 0 aromatic heterocycles. The zero-order valence-corrected chi connectivity index (χ0v) is 13.7. The number of nitrogens with zero attached hydrogens (tertiary/aromatic N) is 1. The summed E-state index contributed by atoms with van der Waals surface area (Å²) in [5, 5.41) is 9.41. The molecule has 7 heteroatoms. The molecule has 0 spiro atoms. The lowest BCUT2D eigenvalue weighted by molar-refractivity contribution is -0.151. The van der Waals surface area contributed by atoms with E-state index in [1.807, 2.05) is 0 Å². The van der Waals surface area contributed by atoms with Gasteiger partial charge in [0, 0.05) is 32.7 Å². The molecule has 2 atom stereocenters. The maximum Gasteiger partial charge on any atom is 0.313 e. The van der Waals surface area contributed by atoms with Gasteiger partial charge >= 0.3 is 5.97 Å². The molecule has 1 heterocycles. The van der Waals surface area contributed by atoms with E-state index in [9.17, 15) is 23.5 Å². The summed E-state index contributed by atoms with van der Waals surface area (Å²) in [5.41, 5.74) is -0.820. The fourth-order valence-corrected chi connectivity index (χ4v) is 3.12. The van der Waals surface area contributed by atoms with Crippen LogP contribution in [0, 0.1) is 17.0 Å². The molecule has 24 heavy (non-hydrogen) atoms. The van der Waals surface area contributed by atoms with Crippen LogP contribution in [-0.4, -0.2) is 48.7 Å². The summed E-state index contributed by atoms with van der Waals surface area (Å²) in [4.78, 5) is 25.4. The van der Waals surface area contributed by atoms with E-state index in [0.29, 0.717) is 13.0 Å². The molecular formula is C17H21F2NO4. The molecule has 1 aliphatic heterocycles. The maximum absolute atomic E-state index is 13.8. The Morgan fingerprint density at radius 1 is 1.42 bits per heavy atom. The smallest absolute Gasteiger partial charge is 0.313 e. The Bertz CT molecular complexity index is 637. The zero-order chi connectivity index (χ0) is 17.9. The minimum atomic E-state index is -1.09. The highest BCUT2D eigenvalue weighted by Gasteiger charge is 2.46. The lowest BCUT2D eigenvalue weighted by Gasteiger charge is -2.24. The Morgan fingerprint density at radius 2 is 2.12 bits per heavy atom. The first-order chi connectivity index (χ1) is 11.3. The molecule has 0 saturated carbocycles. The van der Waals surface area contributed by atoms with Crippen LogP contribution in [0.1, 0.15) is 31.2 Å². The first kappa shape index (κ1) is 18.3. The van der Waals surface area contributed by atoms with Crippen molar-refractivity contribution in [2.24, 2.45) is 5.41 Å². The summed E-state index contributed by atoms with van der Waals surface area (Å²) >= 11 is 0. The summed E-state index contributed by atoms with van der Waals surface area (Å²) in [6.45, 7) is 2.12. The van der Waals surface area contributed by atoms with E-state index < -0.39 is 28.9 Å². The number of carbonyl (C=O) groups excluding carboxylic acids is 1. The van der Waals surface area contributed by atoms with Crippen molar-refractivity contribution in [1.82, 2.24) is 4.90 Å². The molecule has 2 rings (SSSR count). The monoisotopic (exact) mass is 341 g/mol. The van der Waals surface area contributed by atoms with Gasteiger partial charge in [-0.25, -0.2) is 8.78 Å². The minimum Gasteiger partial charge on any atom is -0.481 e. The Kier molecular flexibility index (Phi) is 5.54. The van der Waals surface area contributed by atoms with Crippen molar-refractivity contribution in [3.63, 3.8) is 0 Å². The predicted molar refractivity (Wildman–Crippen MR) is 82.5 cm³/mol. The number of hydrogen-bond donors (Lipinski definition) is 1.